The molecule has 3 aromatic rings. The summed E-state index contributed by atoms with van der Waals surface area (Å²) in [7, 11) is 0. The number of fused-ring (bicyclic) bond motifs is 1. The van der Waals surface area contributed by atoms with E-state index in [1.54, 1.807) is 0 Å². The molecule has 2 aromatic carbocycles. The largest absolute Gasteiger partial charge is 0.378 e. The summed E-state index contributed by atoms with van der Waals surface area (Å²) in [4.78, 5) is 11.4. The van der Waals surface area contributed by atoms with E-state index in [-0.39, 0.29) is 0 Å². The second-order valence-electron chi connectivity index (χ2n) is 6.28. The van der Waals surface area contributed by atoms with Crippen molar-refractivity contribution in [3.63, 3.8) is 0 Å². The maximum Gasteiger partial charge on any atom is 0.227 e. The normalized spacial score (nSPS) is 14.2. The number of anilines is 3. The predicted molar refractivity (Wildman–Crippen MR) is 105 cm³/mol. The van der Waals surface area contributed by atoms with Crippen molar-refractivity contribution in [1.82, 2.24) is 9.97 Å². The first-order valence-electron chi connectivity index (χ1n) is 8.67. The van der Waals surface area contributed by atoms with Gasteiger partial charge in [0, 0.05) is 41.6 Å². The summed E-state index contributed by atoms with van der Waals surface area (Å²) in [6, 6.07) is 12.2. The number of terminal acetylenes is 1. The van der Waals surface area contributed by atoms with Gasteiger partial charge in [0.1, 0.15) is 0 Å². The molecule has 0 unspecified atom stereocenters. The molecule has 2 heterocycles. The van der Waals surface area contributed by atoms with Gasteiger partial charge in [-0.3, -0.25) is 0 Å². The highest BCUT2D eigenvalue weighted by molar-refractivity contribution is 5.84. The van der Waals surface area contributed by atoms with Crippen LogP contribution in [0.25, 0.3) is 10.9 Å². The molecule has 5 nitrogen and oxygen atoms in total. The summed E-state index contributed by atoms with van der Waals surface area (Å²) >= 11 is 0. The van der Waals surface area contributed by atoms with Gasteiger partial charge in [-0.25, -0.2) is 9.97 Å². The molecule has 1 N–H and O–H groups in total. The average molecular weight is 344 g/mol. The first-order valence-corrected chi connectivity index (χ1v) is 8.67. The third-order valence-electron chi connectivity index (χ3n) is 4.67. The molecule has 0 amide bonds. The minimum absolute atomic E-state index is 0.574. The van der Waals surface area contributed by atoms with Crippen LogP contribution in [0.4, 0.5) is 17.3 Å². The van der Waals surface area contributed by atoms with Gasteiger partial charge < -0.3 is 15.0 Å². The smallest absolute Gasteiger partial charge is 0.227 e. The molecule has 1 aliphatic heterocycles. The van der Waals surface area contributed by atoms with Gasteiger partial charge in [-0.05, 0) is 42.8 Å². The number of rotatable bonds is 3. The van der Waals surface area contributed by atoms with Crippen molar-refractivity contribution in [3.05, 3.63) is 53.7 Å². The summed E-state index contributed by atoms with van der Waals surface area (Å²) in [5.41, 5.74) is 4.92. The Bertz CT molecular complexity index is 987. The summed E-state index contributed by atoms with van der Waals surface area (Å²) in [5, 5.41) is 4.28. The molecule has 0 aliphatic carbocycles. The first-order chi connectivity index (χ1) is 12.7. The Kier molecular flexibility index (Phi) is 4.42. The molecule has 1 aliphatic rings. The Hall–Kier alpha value is -3.10. The molecule has 4 rings (SSSR count). The van der Waals surface area contributed by atoms with E-state index in [4.69, 9.17) is 11.2 Å². The van der Waals surface area contributed by atoms with E-state index >= 15 is 0 Å². The zero-order valence-corrected chi connectivity index (χ0v) is 14.7. The summed E-state index contributed by atoms with van der Waals surface area (Å²) in [6.45, 7) is 5.36. The summed E-state index contributed by atoms with van der Waals surface area (Å²) < 4.78 is 5.42. The first kappa shape index (κ1) is 16.4. The van der Waals surface area contributed by atoms with Gasteiger partial charge in [0.05, 0.1) is 18.7 Å². The molecule has 1 saturated heterocycles. The third-order valence-corrected chi connectivity index (χ3v) is 4.67. The lowest BCUT2D eigenvalue weighted by atomic mass is 10.1. The number of aryl methyl sites for hydroxylation is 1. The Morgan fingerprint density at radius 3 is 2.85 bits per heavy atom. The van der Waals surface area contributed by atoms with Gasteiger partial charge in [0.2, 0.25) is 5.95 Å². The van der Waals surface area contributed by atoms with Crippen LogP contribution in [0.15, 0.2) is 42.6 Å². The number of hydrogen-bond donors (Lipinski definition) is 1. The lowest BCUT2D eigenvalue weighted by molar-refractivity contribution is 0.122. The topological polar surface area (TPSA) is 50.3 Å². The quantitative estimate of drug-likeness (QED) is 0.737. The number of nitrogens with zero attached hydrogens (tertiary/aromatic N) is 3. The minimum atomic E-state index is 0.574. The highest BCUT2D eigenvalue weighted by Crippen LogP contribution is 2.24. The van der Waals surface area contributed by atoms with E-state index in [0.29, 0.717) is 5.95 Å². The molecule has 5 heteroatoms. The zero-order valence-electron chi connectivity index (χ0n) is 14.7. The number of aromatic nitrogens is 2. The fourth-order valence-corrected chi connectivity index (χ4v) is 3.19. The van der Waals surface area contributed by atoms with Crippen LogP contribution < -0.4 is 10.2 Å². The average Bonchev–Trinajstić information content (AvgIpc) is 2.69. The van der Waals surface area contributed by atoms with Crippen molar-refractivity contribution in [1.29, 1.82) is 0 Å². The number of hydrogen-bond acceptors (Lipinski definition) is 5. The van der Waals surface area contributed by atoms with Gasteiger partial charge in [0.25, 0.3) is 0 Å². The van der Waals surface area contributed by atoms with Crippen molar-refractivity contribution < 1.29 is 4.74 Å². The van der Waals surface area contributed by atoms with Crippen molar-refractivity contribution >= 4 is 28.2 Å². The van der Waals surface area contributed by atoms with Gasteiger partial charge in [-0.1, -0.05) is 12.0 Å². The number of morpholine rings is 1. The standard InChI is InChI=1S/C21H20N4O/c1-3-16-7-8-20-19(15(16)2)14-22-21(24-20)23-17-5-4-6-18(13-17)25-9-11-26-12-10-25/h1,4-8,13-14H,9-12H2,2H3,(H,22,23,24). The molecular formula is C21H20N4O. The van der Waals surface area contributed by atoms with Crippen LogP contribution in [0.1, 0.15) is 11.1 Å². The van der Waals surface area contributed by atoms with Gasteiger partial charge >= 0.3 is 0 Å². The molecule has 0 spiro atoms. The van der Waals surface area contributed by atoms with Crippen LogP contribution in [0.3, 0.4) is 0 Å². The van der Waals surface area contributed by atoms with Crippen molar-refractivity contribution in [3.8, 4) is 12.3 Å². The highest BCUT2D eigenvalue weighted by atomic mass is 16.5. The van der Waals surface area contributed by atoms with E-state index in [9.17, 15) is 0 Å². The van der Waals surface area contributed by atoms with E-state index in [0.717, 1.165) is 54.0 Å². The molecule has 0 saturated carbocycles. The Morgan fingerprint density at radius 1 is 1.19 bits per heavy atom. The van der Waals surface area contributed by atoms with Crippen LogP contribution in [0, 0.1) is 19.3 Å². The van der Waals surface area contributed by atoms with E-state index < -0.39 is 0 Å². The lowest BCUT2D eigenvalue weighted by Crippen LogP contribution is -2.36. The van der Waals surface area contributed by atoms with Crippen molar-refractivity contribution in [2.75, 3.05) is 36.5 Å². The maximum atomic E-state index is 5.53. The molecule has 0 bridgehead atoms. The van der Waals surface area contributed by atoms with E-state index in [1.165, 1.54) is 5.69 Å². The van der Waals surface area contributed by atoms with E-state index in [1.807, 2.05) is 37.4 Å². The Labute approximate surface area is 153 Å². The minimum Gasteiger partial charge on any atom is -0.378 e. The molecule has 0 radical (unpaired) electrons. The van der Waals surface area contributed by atoms with Crippen LogP contribution in [0.2, 0.25) is 0 Å². The maximum absolute atomic E-state index is 5.53. The van der Waals surface area contributed by atoms with Crippen molar-refractivity contribution in [2.24, 2.45) is 0 Å². The van der Waals surface area contributed by atoms with Gasteiger partial charge in [-0.2, -0.15) is 0 Å². The number of ether oxygens (including phenoxy) is 1. The second-order valence-corrected chi connectivity index (χ2v) is 6.28. The monoisotopic (exact) mass is 344 g/mol. The number of benzene rings is 2. The molecule has 1 aromatic heterocycles. The fourth-order valence-electron chi connectivity index (χ4n) is 3.19. The Balaban J connectivity index is 1.60. The van der Waals surface area contributed by atoms with Crippen LogP contribution in [-0.2, 0) is 4.74 Å². The molecule has 130 valence electrons. The third kappa shape index (κ3) is 3.19. The SMILES string of the molecule is C#Cc1ccc2nc(Nc3cccc(N4CCOCC4)c3)ncc2c1C. The van der Waals surface area contributed by atoms with E-state index in [2.05, 4.69) is 38.2 Å². The van der Waals surface area contributed by atoms with Crippen LogP contribution in [-0.4, -0.2) is 36.3 Å². The van der Waals surface area contributed by atoms with Crippen LogP contribution in [0.5, 0.6) is 0 Å². The molecule has 26 heavy (non-hydrogen) atoms. The van der Waals surface area contributed by atoms with Gasteiger partial charge in [-0.15, -0.1) is 6.42 Å². The summed E-state index contributed by atoms with van der Waals surface area (Å²) in [5.74, 6) is 3.27. The second kappa shape index (κ2) is 7.03. The summed E-state index contributed by atoms with van der Waals surface area (Å²) in [6.07, 6.45) is 7.36. The molecule has 0 atom stereocenters. The van der Waals surface area contributed by atoms with Crippen LogP contribution >= 0.6 is 0 Å². The van der Waals surface area contributed by atoms with Crippen molar-refractivity contribution in [2.45, 2.75) is 6.92 Å². The number of nitrogens with one attached hydrogen (secondary N) is 1. The van der Waals surface area contributed by atoms with Gasteiger partial charge in [0.15, 0.2) is 0 Å². The fraction of sp³-hybridized carbons (Fsp3) is 0.238. The zero-order chi connectivity index (χ0) is 17.9. The highest BCUT2D eigenvalue weighted by Gasteiger charge is 2.12. The predicted octanol–water partition coefficient (Wildman–Crippen LogP) is 3.50. The lowest BCUT2D eigenvalue weighted by Gasteiger charge is -2.29. The molecular weight excluding hydrogens is 324 g/mol. The molecule has 1 fully saturated rings. The Morgan fingerprint density at radius 2 is 2.04 bits per heavy atom.